The number of hydrogen-bond donors (Lipinski definition) is 0. The maximum Gasteiger partial charge on any atom is 0.164 e. The second-order valence-electron chi connectivity index (χ2n) is 11.3. The van der Waals surface area contributed by atoms with Crippen molar-refractivity contribution in [3.63, 3.8) is 0 Å². The highest BCUT2D eigenvalue weighted by Gasteiger charge is 2.17. The van der Waals surface area contributed by atoms with E-state index in [9.17, 15) is 5.48 Å². The van der Waals surface area contributed by atoms with E-state index in [1.54, 1.807) is 30.3 Å². The molecule has 0 spiro atoms. The van der Waals surface area contributed by atoms with Gasteiger partial charge in [-0.3, -0.25) is 0 Å². The molecule has 50 heavy (non-hydrogen) atoms. The van der Waals surface area contributed by atoms with Crippen LogP contribution in [0.2, 0.25) is 0 Å². The first kappa shape index (κ1) is 17.5. The molecule has 5 nitrogen and oxygen atoms in total. The molecule has 0 atom stereocenters. The quantitative estimate of drug-likeness (QED) is 0.185. The summed E-state index contributed by atoms with van der Waals surface area (Å²) in [4.78, 5) is 14.2. The Labute approximate surface area is 306 Å². The Balaban J connectivity index is 1.22. The highest BCUT2D eigenvalue weighted by Crippen LogP contribution is 2.38. The largest absolute Gasteiger partial charge is 0.456 e. The van der Waals surface area contributed by atoms with Gasteiger partial charge in [-0.25, -0.2) is 15.0 Å². The molecule has 0 bridgehead atoms. The lowest BCUT2D eigenvalue weighted by Gasteiger charge is -2.10. The molecule has 0 saturated carbocycles. The van der Waals surface area contributed by atoms with E-state index < -0.39 is 101 Å². The third-order valence-corrected chi connectivity index (χ3v) is 8.30. The second kappa shape index (κ2) is 11.4. The fraction of sp³-hybridized carbons (Fsp3) is 0. The molecule has 0 aliphatic carbocycles. The Morgan fingerprint density at radius 1 is 0.380 bits per heavy atom. The number of para-hydroxylation sites is 1. The maximum absolute atomic E-state index is 9.50. The van der Waals surface area contributed by atoms with Crippen LogP contribution in [0, 0.1) is 0 Å². The number of rotatable bonds is 5. The van der Waals surface area contributed by atoms with Crippen LogP contribution in [0.3, 0.4) is 0 Å². The summed E-state index contributed by atoms with van der Waals surface area (Å²) in [6.07, 6.45) is 0. The van der Waals surface area contributed by atoms with Crippen molar-refractivity contribution < 1.29 is 28.0 Å². The second-order valence-corrected chi connectivity index (χ2v) is 11.3. The minimum absolute atomic E-state index is 0.138. The summed E-state index contributed by atoms with van der Waals surface area (Å²) in [5.74, 6) is 0.241. The summed E-state index contributed by atoms with van der Waals surface area (Å²) in [5.41, 5.74) is -0.176. The predicted octanol–water partition coefficient (Wildman–Crippen LogP) is 12.0. The molecule has 3 aromatic heterocycles. The van der Waals surface area contributed by atoms with E-state index in [-0.39, 0.29) is 50.5 Å². The van der Waals surface area contributed by atoms with Gasteiger partial charge in [-0.2, -0.15) is 0 Å². The van der Waals surface area contributed by atoms with E-state index in [1.807, 2.05) is 42.5 Å². The van der Waals surface area contributed by atoms with E-state index in [0.29, 0.717) is 22.3 Å². The fourth-order valence-corrected chi connectivity index (χ4v) is 5.96. The molecule has 0 saturated heterocycles. The molecule has 10 aromatic rings. The van der Waals surface area contributed by atoms with Crippen LogP contribution in [0.4, 0.5) is 0 Å². The Hall–Kier alpha value is -6.85. The van der Waals surface area contributed by atoms with Gasteiger partial charge in [0.25, 0.3) is 0 Å². The topological polar surface area (TPSA) is 65.0 Å². The Morgan fingerprint density at radius 2 is 1.06 bits per heavy atom. The van der Waals surface area contributed by atoms with Gasteiger partial charge < -0.3 is 8.83 Å². The van der Waals surface area contributed by atoms with Gasteiger partial charge in [0.05, 0.1) is 19.2 Å². The normalized spacial score (nSPS) is 15.5. The SMILES string of the molecule is [2H]c1c([2H])c([2H])c(-c2c([2H])c([2H])c([2H])c([2H])c2-c2cc([2H])c3oc4c([2H])c(-c5nc(-c6ccccc6)nc(-c6ccc7c(c6)oc6ccccc67)n5)c([2H])c([2H])c4c3c2[2H])c([2H])c1[2H]. The molecule has 10 rings (SSSR count). The van der Waals surface area contributed by atoms with Crippen LogP contribution >= 0.6 is 0 Å². The number of fused-ring (bicyclic) bond motifs is 6. The maximum atomic E-state index is 9.50. The fourth-order valence-electron chi connectivity index (χ4n) is 5.96. The van der Waals surface area contributed by atoms with E-state index in [4.69, 9.17) is 32.5 Å². The van der Waals surface area contributed by atoms with Crippen molar-refractivity contribution in [2.24, 2.45) is 0 Å². The van der Waals surface area contributed by atoms with Gasteiger partial charge in [0.2, 0.25) is 0 Å². The molecule has 0 amide bonds. The number of aromatic nitrogens is 3. The zero-order valence-electron chi connectivity index (χ0n) is 39.7. The molecule has 0 fully saturated rings. The van der Waals surface area contributed by atoms with Crippen molar-refractivity contribution in [2.45, 2.75) is 0 Å². The van der Waals surface area contributed by atoms with Gasteiger partial charge in [0.1, 0.15) is 22.3 Å². The molecule has 5 heteroatoms. The van der Waals surface area contributed by atoms with Crippen LogP contribution < -0.4 is 0 Å². The third kappa shape index (κ3) is 4.75. The Bertz CT molecular complexity index is 3660. The number of hydrogen-bond acceptors (Lipinski definition) is 5. The molecule has 0 unspecified atom stereocenters. The van der Waals surface area contributed by atoms with Crippen molar-refractivity contribution >= 4 is 43.9 Å². The molecule has 7 aromatic carbocycles. The van der Waals surface area contributed by atoms with Crippen LogP contribution in [0.1, 0.15) is 19.2 Å². The number of nitrogens with zero attached hydrogens (tertiary/aromatic N) is 3. The summed E-state index contributed by atoms with van der Waals surface area (Å²) in [6.45, 7) is 0. The molecule has 3 heterocycles. The third-order valence-electron chi connectivity index (χ3n) is 8.30. The van der Waals surface area contributed by atoms with Gasteiger partial charge in [0, 0.05) is 38.2 Å². The van der Waals surface area contributed by atoms with Crippen molar-refractivity contribution in [1.29, 1.82) is 0 Å². The number of furan rings is 2. The smallest absolute Gasteiger partial charge is 0.164 e. The van der Waals surface area contributed by atoms with Gasteiger partial charge in [-0.1, -0.05) is 121 Å². The summed E-state index contributed by atoms with van der Waals surface area (Å²) in [7, 11) is 0. The van der Waals surface area contributed by atoms with Gasteiger partial charge in [0.15, 0.2) is 17.5 Å². The van der Waals surface area contributed by atoms with Crippen LogP contribution in [0.15, 0.2) is 172 Å². The van der Waals surface area contributed by atoms with Gasteiger partial charge in [-0.05, 0) is 64.6 Å². The van der Waals surface area contributed by atoms with Crippen molar-refractivity contribution in [3.05, 3.63) is 163 Å². The molecule has 0 radical (unpaired) electrons. The zero-order valence-corrected chi connectivity index (χ0v) is 25.7. The van der Waals surface area contributed by atoms with Crippen LogP contribution in [0.5, 0.6) is 0 Å². The monoisotopic (exact) mass is 655 g/mol. The average Bonchev–Trinajstić information content (AvgIpc) is 3.90. The molecular formula is C45H27N3O2. The van der Waals surface area contributed by atoms with Crippen LogP contribution in [-0.4, -0.2) is 15.0 Å². The first-order valence-corrected chi connectivity index (χ1v) is 15.5. The van der Waals surface area contributed by atoms with E-state index >= 15 is 0 Å². The minimum atomic E-state index is -0.770. The molecule has 0 aliphatic heterocycles. The molecular weight excluding hydrogens is 615 g/mol. The van der Waals surface area contributed by atoms with Gasteiger partial charge in [-0.15, -0.1) is 0 Å². The number of benzene rings is 7. The summed E-state index contributed by atoms with van der Waals surface area (Å²) in [6, 6.07) is 13.9. The Kier molecular flexibility index (Phi) is 3.99. The molecule has 234 valence electrons. The first-order chi connectivity index (χ1) is 30.6. The summed E-state index contributed by atoms with van der Waals surface area (Å²) >= 11 is 0. The first-order valence-electron chi connectivity index (χ1n) is 22.5. The van der Waals surface area contributed by atoms with E-state index in [1.165, 1.54) is 0 Å². The molecule has 0 N–H and O–H groups in total. The van der Waals surface area contributed by atoms with Crippen LogP contribution in [-0.2, 0) is 0 Å². The summed E-state index contributed by atoms with van der Waals surface area (Å²) in [5, 5.41) is 1.35. The van der Waals surface area contributed by atoms with E-state index in [0.717, 1.165) is 16.8 Å². The standard InChI is InChI=1S/C45H27N3O2/c1-3-11-28(12-4-1)33-15-7-8-16-34(33)30-21-24-40-38(25-30)37-23-20-32(27-42(37)50-40)45-47-43(29-13-5-2-6-14-29)46-44(48-45)31-19-22-36-35-17-9-10-18-39(35)49-41(36)26-31/h1-27H/i1D,3D,4D,7D,8D,11D,12D,15D,16D,20D,23D,24D,25D,27D. The lowest BCUT2D eigenvalue weighted by atomic mass is 9.94. The lowest BCUT2D eigenvalue weighted by molar-refractivity contribution is 0.668. The minimum Gasteiger partial charge on any atom is -0.456 e. The van der Waals surface area contributed by atoms with Crippen molar-refractivity contribution in [3.8, 4) is 56.4 Å². The Morgan fingerprint density at radius 3 is 1.90 bits per heavy atom. The zero-order chi connectivity index (χ0) is 45.2. The average molecular weight is 656 g/mol. The van der Waals surface area contributed by atoms with Crippen molar-refractivity contribution in [1.82, 2.24) is 15.0 Å². The summed E-state index contributed by atoms with van der Waals surface area (Å²) < 4.78 is 136. The highest BCUT2D eigenvalue weighted by atomic mass is 16.3. The predicted molar refractivity (Wildman–Crippen MR) is 202 cm³/mol. The highest BCUT2D eigenvalue weighted by molar-refractivity contribution is 6.08. The van der Waals surface area contributed by atoms with E-state index in [2.05, 4.69) is 4.98 Å². The van der Waals surface area contributed by atoms with Crippen LogP contribution in [0.25, 0.3) is 100 Å². The molecule has 0 aliphatic rings. The van der Waals surface area contributed by atoms with Gasteiger partial charge >= 0.3 is 0 Å². The lowest BCUT2D eigenvalue weighted by Crippen LogP contribution is -2.00. The van der Waals surface area contributed by atoms with Crippen molar-refractivity contribution in [2.75, 3.05) is 0 Å².